The number of nitrogens with zero attached hydrogens (tertiary/aromatic N) is 2. The number of carbonyl (C=O) groups excluding carboxylic acids is 1. The number of aromatic nitrogens is 2. The molecule has 134 valence electrons. The molecule has 0 aliphatic rings. The van der Waals surface area contributed by atoms with Crippen LogP contribution in [0.25, 0.3) is 10.9 Å². The molecule has 5 heteroatoms. The van der Waals surface area contributed by atoms with Crippen LogP contribution in [0, 0.1) is 0 Å². The fourth-order valence-corrected chi connectivity index (χ4v) is 3.10. The zero-order valence-corrected chi connectivity index (χ0v) is 14.9. The Labute approximate surface area is 152 Å². The predicted octanol–water partition coefficient (Wildman–Crippen LogP) is 3.10. The van der Waals surface area contributed by atoms with Crippen molar-refractivity contribution in [3.63, 3.8) is 0 Å². The number of carbonyl (C=O) groups is 1. The monoisotopic (exact) mass is 349 g/mol. The first-order chi connectivity index (χ1) is 12.7. The number of nitrogens with one attached hydrogen (secondary N) is 1. The molecule has 26 heavy (non-hydrogen) atoms. The molecule has 1 aromatic heterocycles. The van der Waals surface area contributed by atoms with E-state index < -0.39 is 0 Å². The summed E-state index contributed by atoms with van der Waals surface area (Å²) in [5.74, 6) is 0.301. The van der Waals surface area contributed by atoms with Crippen LogP contribution in [0.2, 0.25) is 0 Å². The quantitative estimate of drug-likeness (QED) is 0.713. The van der Waals surface area contributed by atoms with Crippen molar-refractivity contribution in [1.82, 2.24) is 15.1 Å². The largest absolute Gasteiger partial charge is 0.355 e. The highest BCUT2D eigenvalue weighted by molar-refractivity contribution is 5.79. The maximum atomic E-state index is 12.3. The van der Waals surface area contributed by atoms with Crippen molar-refractivity contribution < 1.29 is 4.79 Å². The Morgan fingerprint density at radius 1 is 1.12 bits per heavy atom. The third kappa shape index (κ3) is 4.17. The van der Waals surface area contributed by atoms with Gasteiger partial charge in [0.2, 0.25) is 11.3 Å². The molecule has 2 aromatic carbocycles. The van der Waals surface area contributed by atoms with Crippen LogP contribution >= 0.6 is 0 Å². The van der Waals surface area contributed by atoms with Crippen LogP contribution in [-0.2, 0) is 11.3 Å². The number of para-hydroxylation sites is 1. The van der Waals surface area contributed by atoms with E-state index in [4.69, 9.17) is 0 Å². The molecule has 0 unspecified atom stereocenters. The Balaban J connectivity index is 1.60. The smallest absolute Gasteiger partial charge is 0.221 e. The van der Waals surface area contributed by atoms with E-state index in [0.29, 0.717) is 30.8 Å². The van der Waals surface area contributed by atoms with Gasteiger partial charge in [-0.05, 0) is 24.1 Å². The SMILES string of the molecule is CC[C@@H](CNC(=O)CCn1ncc(=O)c2ccccc21)c1ccccc1. The molecule has 0 saturated heterocycles. The molecule has 5 nitrogen and oxygen atoms in total. The lowest BCUT2D eigenvalue weighted by atomic mass is 9.96. The maximum absolute atomic E-state index is 12.3. The molecule has 1 N–H and O–H groups in total. The predicted molar refractivity (Wildman–Crippen MR) is 103 cm³/mol. The van der Waals surface area contributed by atoms with E-state index in [1.54, 1.807) is 10.7 Å². The van der Waals surface area contributed by atoms with Gasteiger partial charge < -0.3 is 5.32 Å². The number of fused-ring (bicyclic) bond motifs is 1. The summed E-state index contributed by atoms with van der Waals surface area (Å²) in [6, 6.07) is 17.6. The minimum atomic E-state index is -0.102. The van der Waals surface area contributed by atoms with Crippen LogP contribution in [-0.4, -0.2) is 22.2 Å². The minimum Gasteiger partial charge on any atom is -0.355 e. The van der Waals surface area contributed by atoms with Crippen LogP contribution in [0.3, 0.4) is 0 Å². The van der Waals surface area contributed by atoms with Gasteiger partial charge in [0.25, 0.3) is 0 Å². The Hall–Kier alpha value is -2.95. The van der Waals surface area contributed by atoms with Gasteiger partial charge in [-0.1, -0.05) is 49.4 Å². The van der Waals surface area contributed by atoms with Crippen molar-refractivity contribution in [2.24, 2.45) is 0 Å². The van der Waals surface area contributed by atoms with Gasteiger partial charge in [-0.3, -0.25) is 14.3 Å². The van der Waals surface area contributed by atoms with E-state index in [1.807, 2.05) is 36.4 Å². The maximum Gasteiger partial charge on any atom is 0.221 e. The number of hydrogen-bond acceptors (Lipinski definition) is 3. The summed E-state index contributed by atoms with van der Waals surface area (Å²) in [6.45, 7) is 3.19. The topological polar surface area (TPSA) is 64.0 Å². The highest BCUT2D eigenvalue weighted by Gasteiger charge is 2.11. The summed E-state index contributed by atoms with van der Waals surface area (Å²) in [7, 11) is 0. The Morgan fingerprint density at radius 2 is 1.85 bits per heavy atom. The van der Waals surface area contributed by atoms with Gasteiger partial charge in [0, 0.05) is 24.3 Å². The van der Waals surface area contributed by atoms with Gasteiger partial charge in [0.15, 0.2) is 0 Å². The number of aryl methyl sites for hydroxylation is 1. The molecule has 1 heterocycles. The highest BCUT2D eigenvalue weighted by atomic mass is 16.1. The third-order valence-electron chi connectivity index (χ3n) is 4.62. The summed E-state index contributed by atoms with van der Waals surface area (Å²) >= 11 is 0. The Kier molecular flexibility index (Phi) is 5.79. The Morgan fingerprint density at radius 3 is 2.62 bits per heavy atom. The van der Waals surface area contributed by atoms with E-state index in [2.05, 4.69) is 29.5 Å². The molecular formula is C21H23N3O2. The molecule has 0 saturated carbocycles. The fraction of sp³-hybridized carbons (Fsp3) is 0.286. The second-order valence-corrected chi connectivity index (χ2v) is 6.32. The first-order valence-electron chi connectivity index (χ1n) is 8.95. The second kappa shape index (κ2) is 8.43. The molecule has 0 aliphatic carbocycles. The van der Waals surface area contributed by atoms with E-state index in [9.17, 15) is 9.59 Å². The van der Waals surface area contributed by atoms with Gasteiger partial charge in [-0.25, -0.2) is 0 Å². The van der Waals surface area contributed by atoms with Crippen molar-refractivity contribution in [1.29, 1.82) is 0 Å². The Bertz CT molecular complexity index is 935. The van der Waals surface area contributed by atoms with E-state index in [-0.39, 0.29) is 11.3 Å². The van der Waals surface area contributed by atoms with Crippen molar-refractivity contribution in [3.05, 3.63) is 76.6 Å². The molecular weight excluding hydrogens is 326 g/mol. The van der Waals surface area contributed by atoms with E-state index in [1.165, 1.54) is 11.8 Å². The summed E-state index contributed by atoms with van der Waals surface area (Å²) in [5, 5.41) is 7.80. The first-order valence-corrected chi connectivity index (χ1v) is 8.95. The summed E-state index contributed by atoms with van der Waals surface area (Å²) < 4.78 is 1.71. The zero-order chi connectivity index (χ0) is 18.4. The summed E-state index contributed by atoms with van der Waals surface area (Å²) in [5.41, 5.74) is 1.89. The molecule has 1 amide bonds. The van der Waals surface area contributed by atoms with Crippen molar-refractivity contribution in [3.8, 4) is 0 Å². The first kappa shape index (κ1) is 17.9. The van der Waals surface area contributed by atoms with E-state index >= 15 is 0 Å². The van der Waals surface area contributed by atoms with Crippen molar-refractivity contribution in [2.75, 3.05) is 6.54 Å². The molecule has 0 radical (unpaired) electrons. The summed E-state index contributed by atoms with van der Waals surface area (Å²) in [6.07, 6.45) is 2.60. The third-order valence-corrected chi connectivity index (χ3v) is 4.62. The average molecular weight is 349 g/mol. The van der Waals surface area contributed by atoms with Gasteiger partial charge in [-0.15, -0.1) is 0 Å². The van der Waals surface area contributed by atoms with Gasteiger partial charge in [0.1, 0.15) is 0 Å². The van der Waals surface area contributed by atoms with Crippen LogP contribution in [0.1, 0.15) is 31.2 Å². The molecule has 0 aliphatic heterocycles. The fourth-order valence-electron chi connectivity index (χ4n) is 3.10. The normalized spacial score (nSPS) is 12.0. The van der Waals surface area contributed by atoms with E-state index in [0.717, 1.165) is 11.9 Å². The second-order valence-electron chi connectivity index (χ2n) is 6.32. The molecule has 3 rings (SSSR count). The van der Waals surface area contributed by atoms with Crippen LogP contribution in [0.5, 0.6) is 0 Å². The van der Waals surface area contributed by atoms with Crippen LogP contribution < -0.4 is 10.7 Å². The molecule has 0 bridgehead atoms. The number of hydrogen-bond donors (Lipinski definition) is 1. The molecule has 1 atom stereocenters. The number of amides is 1. The van der Waals surface area contributed by atoms with Gasteiger partial charge >= 0.3 is 0 Å². The number of benzene rings is 2. The number of rotatable bonds is 7. The molecule has 0 spiro atoms. The minimum absolute atomic E-state index is 0.0102. The standard InChI is InChI=1S/C21H23N3O2/c1-2-16(17-8-4-3-5-9-17)14-22-21(26)12-13-24-19-11-7-6-10-18(19)20(25)15-23-24/h3-11,15-16H,2,12-14H2,1H3,(H,22,26)/t16-/m0/s1. The summed E-state index contributed by atoms with van der Waals surface area (Å²) in [4.78, 5) is 24.1. The molecule has 3 aromatic rings. The average Bonchev–Trinajstić information content (AvgIpc) is 2.69. The molecule has 0 fully saturated rings. The van der Waals surface area contributed by atoms with Gasteiger partial charge in [0.05, 0.1) is 18.3 Å². The van der Waals surface area contributed by atoms with Crippen molar-refractivity contribution in [2.45, 2.75) is 32.2 Å². The lowest BCUT2D eigenvalue weighted by Crippen LogP contribution is -2.29. The highest BCUT2D eigenvalue weighted by Crippen LogP contribution is 2.18. The van der Waals surface area contributed by atoms with Gasteiger partial charge in [-0.2, -0.15) is 5.10 Å². The lowest BCUT2D eigenvalue weighted by Gasteiger charge is -2.16. The van der Waals surface area contributed by atoms with Crippen molar-refractivity contribution >= 4 is 16.8 Å². The van der Waals surface area contributed by atoms with Crippen LogP contribution in [0.4, 0.5) is 0 Å². The lowest BCUT2D eigenvalue weighted by molar-refractivity contribution is -0.121. The van der Waals surface area contributed by atoms with Crippen LogP contribution in [0.15, 0.2) is 65.6 Å². The zero-order valence-electron chi connectivity index (χ0n) is 14.9.